The number of aryl methyl sites for hydroxylation is 1. The van der Waals surface area contributed by atoms with Gasteiger partial charge >= 0.3 is 6.03 Å². The second-order valence-electron chi connectivity index (χ2n) is 6.49. The first-order chi connectivity index (χ1) is 11.0. The number of piperidine rings is 1. The maximum absolute atomic E-state index is 12.4. The van der Waals surface area contributed by atoms with Crippen LogP contribution in [0.2, 0.25) is 0 Å². The zero-order valence-electron chi connectivity index (χ0n) is 13.9. The van der Waals surface area contributed by atoms with Crippen LogP contribution in [0.4, 0.5) is 10.6 Å². The minimum Gasteiger partial charge on any atom is -0.324 e. The lowest BCUT2D eigenvalue weighted by Crippen LogP contribution is -2.45. The van der Waals surface area contributed by atoms with Gasteiger partial charge in [0.05, 0.1) is 5.69 Å². The van der Waals surface area contributed by atoms with Crippen LogP contribution in [0.25, 0.3) is 0 Å². The maximum Gasteiger partial charge on any atom is 0.323 e. The predicted molar refractivity (Wildman–Crippen MR) is 89.4 cm³/mol. The summed E-state index contributed by atoms with van der Waals surface area (Å²) in [5, 5.41) is 10.8. The lowest BCUT2D eigenvalue weighted by molar-refractivity contribution is 0.174. The molecule has 1 saturated heterocycles. The number of carbonyl (C=O) groups excluding carboxylic acids is 1. The van der Waals surface area contributed by atoms with Crippen LogP contribution < -0.4 is 5.32 Å². The van der Waals surface area contributed by atoms with Gasteiger partial charge in [0.15, 0.2) is 5.82 Å². The highest BCUT2D eigenvalue weighted by Gasteiger charge is 2.33. The van der Waals surface area contributed by atoms with Crippen molar-refractivity contribution in [1.82, 2.24) is 19.9 Å². The fourth-order valence-electron chi connectivity index (χ4n) is 3.03. The van der Waals surface area contributed by atoms with E-state index in [1.54, 1.807) is 4.68 Å². The highest BCUT2D eigenvalue weighted by atomic mass is 16.2. The summed E-state index contributed by atoms with van der Waals surface area (Å²) >= 11 is 0. The van der Waals surface area contributed by atoms with Gasteiger partial charge in [-0.2, -0.15) is 0 Å². The van der Waals surface area contributed by atoms with Gasteiger partial charge in [0.1, 0.15) is 0 Å². The van der Waals surface area contributed by atoms with Gasteiger partial charge in [0.2, 0.25) is 0 Å². The molecule has 2 amide bonds. The number of aromatic nitrogens is 3. The molecule has 3 rings (SSSR count). The van der Waals surface area contributed by atoms with E-state index in [-0.39, 0.29) is 11.4 Å². The molecule has 0 unspecified atom stereocenters. The van der Waals surface area contributed by atoms with Crippen LogP contribution in [-0.2, 0) is 12.5 Å². The summed E-state index contributed by atoms with van der Waals surface area (Å²) in [7, 11) is 1.81. The molecule has 6 heteroatoms. The molecule has 0 atom stereocenters. The predicted octanol–water partition coefficient (Wildman–Crippen LogP) is 2.71. The van der Waals surface area contributed by atoms with E-state index >= 15 is 0 Å². The first-order valence-electron chi connectivity index (χ1n) is 7.97. The average molecular weight is 313 g/mol. The quantitative estimate of drug-likeness (QED) is 0.927. The lowest BCUT2D eigenvalue weighted by atomic mass is 9.74. The van der Waals surface area contributed by atoms with Crippen molar-refractivity contribution in [2.75, 3.05) is 18.4 Å². The van der Waals surface area contributed by atoms with Crippen molar-refractivity contribution in [2.24, 2.45) is 7.05 Å². The van der Waals surface area contributed by atoms with Crippen LogP contribution in [-0.4, -0.2) is 39.0 Å². The van der Waals surface area contributed by atoms with Crippen molar-refractivity contribution < 1.29 is 4.79 Å². The second-order valence-corrected chi connectivity index (χ2v) is 6.49. The van der Waals surface area contributed by atoms with Gasteiger partial charge < -0.3 is 4.90 Å². The average Bonchev–Trinajstić information content (AvgIpc) is 2.88. The molecule has 0 aliphatic carbocycles. The number of hydrogen-bond acceptors (Lipinski definition) is 3. The van der Waals surface area contributed by atoms with Crippen molar-refractivity contribution in [3.8, 4) is 0 Å². The molecule has 1 N–H and O–H groups in total. The fraction of sp³-hybridized carbons (Fsp3) is 0.471. The maximum atomic E-state index is 12.4. The van der Waals surface area contributed by atoms with Crippen LogP contribution in [0.3, 0.4) is 0 Å². The Morgan fingerprint density at radius 3 is 2.43 bits per heavy atom. The summed E-state index contributed by atoms with van der Waals surface area (Å²) < 4.78 is 1.65. The molecule has 122 valence electrons. The van der Waals surface area contributed by atoms with Crippen molar-refractivity contribution in [3.63, 3.8) is 0 Å². The third-order valence-corrected chi connectivity index (χ3v) is 4.96. The number of likely N-dealkylation sites (tertiary alicyclic amines) is 1. The highest BCUT2D eigenvalue weighted by molar-refractivity contribution is 5.88. The Kier molecular flexibility index (Phi) is 4.07. The monoisotopic (exact) mass is 313 g/mol. The molecular formula is C17H23N5O. The molecule has 1 aliphatic heterocycles. The van der Waals surface area contributed by atoms with Crippen LogP contribution in [0.15, 0.2) is 30.3 Å². The van der Waals surface area contributed by atoms with Crippen molar-refractivity contribution >= 4 is 11.8 Å². The van der Waals surface area contributed by atoms with Gasteiger partial charge in [-0.3, -0.25) is 10.00 Å². The third-order valence-electron chi connectivity index (χ3n) is 4.96. The van der Waals surface area contributed by atoms with Crippen molar-refractivity contribution in [2.45, 2.75) is 32.1 Å². The molecule has 0 bridgehead atoms. The van der Waals surface area contributed by atoms with E-state index in [9.17, 15) is 4.79 Å². The molecule has 2 aromatic rings. The molecular weight excluding hydrogens is 290 g/mol. The van der Waals surface area contributed by atoms with Gasteiger partial charge in [0, 0.05) is 20.1 Å². The standard InChI is InChI=1S/C17H23N5O/c1-13-15(19-20-21(13)3)18-16(23)22-11-9-17(2,10-12-22)14-7-5-4-6-8-14/h4-8H,9-12H2,1-3H3,(H,18,23). The largest absolute Gasteiger partial charge is 0.324 e. The number of carbonyl (C=O) groups is 1. The number of benzene rings is 1. The van der Waals surface area contributed by atoms with Crippen LogP contribution in [0, 0.1) is 6.92 Å². The van der Waals surface area contributed by atoms with Gasteiger partial charge in [-0.05, 0) is 30.7 Å². The third kappa shape index (κ3) is 3.06. The number of amides is 2. The first-order valence-corrected chi connectivity index (χ1v) is 7.97. The van der Waals surface area contributed by atoms with E-state index in [1.807, 2.05) is 24.9 Å². The minimum absolute atomic E-state index is 0.0938. The number of nitrogens with zero attached hydrogens (tertiary/aromatic N) is 4. The summed E-state index contributed by atoms with van der Waals surface area (Å²) in [5.74, 6) is 0.536. The molecule has 23 heavy (non-hydrogen) atoms. The summed E-state index contributed by atoms with van der Waals surface area (Å²) in [6.45, 7) is 5.66. The summed E-state index contributed by atoms with van der Waals surface area (Å²) in [6, 6.07) is 10.5. The van der Waals surface area contributed by atoms with Crippen LogP contribution >= 0.6 is 0 Å². The molecule has 0 radical (unpaired) electrons. The molecule has 1 aliphatic rings. The normalized spacial score (nSPS) is 17.1. The smallest absolute Gasteiger partial charge is 0.323 e. The number of rotatable bonds is 2. The first kappa shape index (κ1) is 15.5. The van der Waals surface area contributed by atoms with Crippen LogP contribution in [0.1, 0.15) is 31.0 Å². The number of anilines is 1. The Bertz CT molecular complexity index is 686. The lowest BCUT2D eigenvalue weighted by Gasteiger charge is -2.39. The van der Waals surface area contributed by atoms with Gasteiger partial charge in [-0.15, -0.1) is 5.10 Å². The Labute approximate surface area is 136 Å². The highest BCUT2D eigenvalue weighted by Crippen LogP contribution is 2.34. The van der Waals surface area contributed by atoms with Gasteiger partial charge in [-0.25, -0.2) is 4.79 Å². The number of hydrogen-bond donors (Lipinski definition) is 1. The Morgan fingerprint density at radius 2 is 1.87 bits per heavy atom. The van der Waals surface area contributed by atoms with Crippen LogP contribution in [0.5, 0.6) is 0 Å². The minimum atomic E-state index is -0.0938. The molecule has 0 saturated carbocycles. The molecule has 1 aromatic heterocycles. The summed E-state index contributed by atoms with van der Waals surface area (Å²) in [4.78, 5) is 14.3. The Morgan fingerprint density at radius 1 is 1.22 bits per heavy atom. The zero-order chi connectivity index (χ0) is 16.4. The Hall–Kier alpha value is -2.37. The van der Waals surface area contributed by atoms with E-state index in [1.165, 1.54) is 5.56 Å². The Balaban J connectivity index is 1.62. The van der Waals surface area contributed by atoms with Gasteiger partial charge in [-0.1, -0.05) is 42.5 Å². The fourth-order valence-corrected chi connectivity index (χ4v) is 3.03. The number of urea groups is 1. The van der Waals surface area contributed by atoms with Crippen molar-refractivity contribution in [1.29, 1.82) is 0 Å². The molecule has 0 spiro atoms. The SMILES string of the molecule is Cc1c(NC(=O)N2CCC(C)(c3ccccc3)CC2)nnn1C. The van der Waals surface area contributed by atoms with E-state index in [0.29, 0.717) is 5.82 Å². The second kappa shape index (κ2) is 6.02. The van der Waals surface area contributed by atoms with E-state index in [2.05, 4.69) is 46.8 Å². The summed E-state index contributed by atoms with van der Waals surface area (Å²) in [6.07, 6.45) is 1.92. The van der Waals surface area contributed by atoms with E-state index in [0.717, 1.165) is 31.6 Å². The molecule has 2 heterocycles. The van der Waals surface area contributed by atoms with Crippen molar-refractivity contribution in [3.05, 3.63) is 41.6 Å². The van der Waals surface area contributed by atoms with Gasteiger partial charge in [0.25, 0.3) is 0 Å². The van der Waals surface area contributed by atoms with E-state index in [4.69, 9.17) is 0 Å². The topological polar surface area (TPSA) is 63.1 Å². The zero-order valence-corrected chi connectivity index (χ0v) is 13.9. The summed E-state index contributed by atoms with van der Waals surface area (Å²) in [5.41, 5.74) is 2.34. The molecule has 1 fully saturated rings. The van der Waals surface area contributed by atoms with E-state index < -0.39 is 0 Å². The molecule has 1 aromatic carbocycles. The molecule has 6 nitrogen and oxygen atoms in total. The number of nitrogens with one attached hydrogen (secondary N) is 1.